The molecule has 1 saturated carbocycles. The molecule has 3 rings (SSSR count). The van der Waals surface area contributed by atoms with E-state index < -0.39 is 0 Å². The van der Waals surface area contributed by atoms with Gasteiger partial charge in [-0.2, -0.15) is 5.26 Å². The molecule has 0 unspecified atom stereocenters. The molecule has 0 amide bonds. The van der Waals surface area contributed by atoms with Crippen molar-refractivity contribution in [3.05, 3.63) is 38.7 Å². The van der Waals surface area contributed by atoms with Crippen molar-refractivity contribution in [2.24, 2.45) is 0 Å². The third kappa shape index (κ3) is 2.33. The van der Waals surface area contributed by atoms with E-state index in [2.05, 4.69) is 32.2 Å². The lowest BCUT2D eigenvalue weighted by atomic mass is 10.2. The predicted octanol–water partition coefficient (Wildman–Crippen LogP) is 2.69. The molecule has 2 aromatic rings. The lowest BCUT2D eigenvalue weighted by Gasteiger charge is -2.05. The van der Waals surface area contributed by atoms with E-state index in [-0.39, 0.29) is 11.7 Å². The summed E-state index contributed by atoms with van der Waals surface area (Å²) in [5.74, 6) is 0. The fourth-order valence-electron chi connectivity index (χ4n) is 1.81. The summed E-state index contributed by atoms with van der Waals surface area (Å²) in [6.07, 6.45) is 2.02. The Hall–Kier alpha value is -1.52. The van der Waals surface area contributed by atoms with Crippen LogP contribution < -0.4 is 5.69 Å². The van der Waals surface area contributed by atoms with Gasteiger partial charge in [0.25, 0.3) is 0 Å². The molecule has 1 N–H and O–H groups in total. The minimum Gasteiger partial charge on any atom is -0.267 e. The van der Waals surface area contributed by atoms with E-state index in [1.54, 1.807) is 4.57 Å². The fourth-order valence-corrected chi connectivity index (χ4v) is 3.42. The second-order valence-electron chi connectivity index (χ2n) is 4.24. The van der Waals surface area contributed by atoms with Crippen LogP contribution in [0.5, 0.6) is 0 Å². The van der Waals surface area contributed by atoms with Crippen molar-refractivity contribution < 1.29 is 0 Å². The molecule has 7 heteroatoms. The first kappa shape index (κ1) is 12.5. The monoisotopic (exact) mass is 336 g/mol. The molecule has 1 aromatic carbocycles. The van der Waals surface area contributed by atoms with E-state index in [1.807, 2.05) is 18.2 Å². The molecule has 5 nitrogen and oxygen atoms in total. The second-order valence-corrected chi connectivity index (χ2v) is 6.10. The van der Waals surface area contributed by atoms with Gasteiger partial charge in [-0.05, 0) is 52.7 Å². The minimum atomic E-state index is -0.182. The maximum absolute atomic E-state index is 11.7. The van der Waals surface area contributed by atoms with Gasteiger partial charge in [0.2, 0.25) is 0 Å². The van der Waals surface area contributed by atoms with E-state index in [0.717, 1.165) is 22.2 Å². The Bertz CT molecular complexity index is 726. The molecule has 96 valence electrons. The Morgan fingerprint density at radius 2 is 2.32 bits per heavy atom. The summed E-state index contributed by atoms with van der Waals surface area (Å²) < 4.78 is 2.42. The van der Waals surface area contributed by atoms with Gasteiger partial charge in [0, 0.05) is 15.4 Å². The average molecular weight is 337 g/mol. The fraction of sp³-hybridized carbons (Fsp3) is 0.250. The van der Waals surface area contributed by atoms with Crippen LogP contribution in [0.2, 0.25) is 0 Å². The van der Waals surface area contributed by atoms with Gasteiger partial charge in [0.05, 0.1) is 5.56 Å². The quantitative estimate of drug-likeness (QED) is 0.934. The van der Waals surface area contributed by atoms with Crippen LogP contribution in [-0.2, 0) is 0 Å². The molecule has 1 heterocycles. The largest absolute Gasteiger partial charge is 0.344 e. The van der Waals surface area contributed by atoms with Crippen molar-refractivity contribution in [1.29, 1.82) is 5.26 Å². The number of hydrogen-bond donors (Lipinski definition) is 1. The molecule has 1 aromatic heterocycles. The molecule has 0 spiro atoms. The number of aromatic amines is 1. The number of benzene rings is 1. The number of nitrogens with one attached hydrogen (secondary N) is 1. The van der Waals surface area contributed by atoms with Crippen molar-refractivity contribution >= 4 is 27.7 Å². The van der Waals surface area contributed by atoms with Gasteiger partial charge in [-0.15, -0.1) is 5.10 Å². The lowest BCUT2D eigenvalue weighted by molar-refractivity contribution is 0.642. The Kier molecular flexibility index (Phi) is 3.21. The first-order valence-corrected chi connectivity index (χ1v) is 7.35. The first-order valence-electron chi connectivity index (χ1n) is 5.74. The number of nitriles is 1. The molecule has 0 saturated heterocycles. The maximum atomic E-state index is 11.7. The zero-order valence-corrected chi connectivity index (χ0v) is 12.2. The van der Waals surface area contributed by atoms with E-state index in [4.69, 9.17) is 0 Å². The van der Waals surface area contributed by atoms with Gasteiger partial charge in [-0.1, -0.05) is 6.07 Å². The Morgan fingerprint density at radius 3 is 3.00 bits per heavy atom. The van der Waals surface area contributed by atoms with Gasteiger partial charge in [0.1, 0.15) is 6.07 Å². The number of H-pyrrole nitrogens is 1. The number of rotatable bonds is 3. The van der Waals surface area contributed by atoms with Crippen LogP contribution in [0, 0.1) is 11.3 Å². The van der Waals surface area contributed by atoms with Gasteiger partial charge < -0.3 is 0 Å². The molecule has 0 atom stereocenters. The molecular formula is C12H9BrN4OS. The lowest BCUT2D eigenvalue weighted by Crippen LogP contribution is -2.16. The number of nitrogens with zero attached hydrogens (tertiary/aromatic N) is 3. The van der Waals surface area contributed by atoms with Gasteiger partial charge >= 0.3 is 5.69 Å². The molecule has 1 aliphatic rings. The smallest absolute Gasteiger partial charge is 0.267 e. The third-order valence-corrected chi connectivity index (χ3v) is 4.56. The number of aromatic nitrogens is 3. The molecule has 1 fully saturated rings. The van der Waals surface area contributed by atoms with E-state index in [1.165, 1.54) is 11.8 Å². The Balaban J connectivity index is 2.01. The Morgan fingerprint density at radius 1 is 1.53 bits per heavy atom. The third-order valence-electron chi connectivity index (χ3n) is 2.87. The van der Waals surface area contributed by atoms with Crippen molar-refractivity contribution in [3.8, 4) is 6.07 Å². The normalized spacial score (nSPS) is 14.3. The summed E-state index contributed by atoms with van der Waals surface area (Å²) in [6, 6.07) is 7.95. The van der Waals surface area contributed by atoms with Crippen LogP contribution in [0.25, 0.3) is 0 Å². The SMILES string of the molecule is N#Cc1c(Br)cccc1Sc1n[nH]c(=O)n1C1CC1. The van der Waals surface area contributed by atoms with Crippen LogP contribution in [0.3, 0.4) is 0 Å². The summed E-state index contributed by atoms with van der Waals surface area (Å²) in [5, 5.41) is 16.3. The molecule has 0 bridgehead atoms. The van der Waals surface area contributed by atoms with E-state index in [9.17, 15) is 10.1 Å². The maximum Gasteiger partial charge on any atom is 0.344 e. The minimum absolute atomic E-state index is 0.182. The van der Waals surface area contributed by atoms with Crippen LogP contribution in [0.1, 0.15) is 24.4 Å². The molecular weight excluding hydrogens is 328 g/mol. The molecule has 0 aliphatic heterocycles. The summed E-state index contributed by atoms with van der Waals surface area (Å²) in [7, 11) is 0. The second kappa shape index (κ2) is 4.87. The highest BCUT2D eigenvalue weighted by atomic mass is 79.9. The van der Waals surface area contributed by atoms with Crippen LogP contribution in [0.15, 0.2) is 37.5 Å². The molecule has 19 heavy (non-hydrogen) atoms. The Labute approximate surface area is 121 Å². The number of hydrogen-bond acceptors (Lipinski definition) is 4. The van der Waals surface area contributed by atoms with Crippen LogP contribution in [0.4, 0.5) is 0 Å². The highest BCUT2D eigenvalue weighted by Crippen LogP contribution is 2.38. The van der Waals surface area contributed by atoms with Crippen LogP contribution >= 0.6 is 27.7 Å². The van der Waals surface area contributed by atoms with Gasteiger partial charge in [0.15, 0.2) is 5.16 Å². The highest BCUT2D eigenvalue weighted by Gasteiger charge is 2.29. The predicted molar refractivity (Wildman–Crippen MR) is 74.1 cm³/mol. The van der Waals surface area contributed by atoms with E-state index in [0.29, 0.717) is 10.7 Å². The highest BCUT2D eigenvalue weighted by molar-refractivity contribution is 9.10. The summed E-state index contributed by atoms with van der Waals surface area (Å²) >= 11 is 4.69. The average Bonchev–Trinajstić information content (AvgIpc) is 3.15. The molecule has 0 radical (unpaired) electrons. The summed E-state index contributed by atoms with van der Waals surface area (Å²) in [6.45, 7) is 0. The van der Waals surface area contributed by atoms with Crippen LogP contribution in [-0.4, -0.2) is 14.8 Å². The summed E-state index contributed by atoms with van der Waals surface area (Å²) in [5.41, 5.74) is 0.379. The topological polar surface area (TPSA) is 74.5 Å². The van der Waals surface area contributed by atoms with Crippen molar-refractivity contribution in [2.45, 2.75) is 28.9 Å². The molecule has 1 aliphatic carbocycles. The zero-order valence-electron chi connectivity index (χ0n) is 9.76. The van der Waals surface area contributed by atoms with Crippen molar-refractivity contribution in [3.63, 3.8) is 0 Å². The summed E-state index contributed by atoms with van der Waals surface area (Å²) in [4.78, 5) is 12.5. The first-order chi connectivity index (χ1) is 9.20. The van der Waals surface area contributed by atoms with E-state index >= 15 is 0 Å². The standard InChI is InChI=1S/C12H9BrN4OS/c13-9-2-1-3-10(8(9)6-14)19-12-16-15-11(18)17(12)7-4-5-7/h1-3,7H,4-5H2,(H,15,18). The van der Waals surface area contributed by atoms with Gasteiger partial charge in [-0.3, -0.25) is 4.57 Å². The number of halogens is 1. The van der Waals surface area contributed by atoms with Crippen molar-refractivity contribution in [2.75, 3.05) is 0 Å². The zero-order chi connectivity index (χ0) is 13.4. The van der Waals surface area contributed by atoms with Gasteiger partial charge in [-0.25, -0.2) is 9.89 Å². The van der Waals surface area contributed by atoms with Crippen molar-refractivity contribution in [1.82, 2.24) is 14.8 Å².